The standard InChI is InChI=1S/C37H26/c1-37(2)33-21-31(27-13-11-23-7-3-5-9-25(23)17-27)19-29-15-16-30-20-32(22-34(37)36(30)35(29)33)28-14-12-24-8-4-6-10-26(24)18-28/h3-22H,1-2H3. The predicted molar refractivity (Wildman–Crippen MR) is 159 cm³/mol. The van der Waals surface area contributed by atoms with Crippen LogP contribution in [0.3, 0.4) is 0 Å². The van der Waals surface area contributed by atoms with E-state index in [-0.39, 0.29) is 5.41 Å². The van der Waals surface area contributed by atoms with Gasteiger partial charge in [-0.15, -0.1) is 0 Å². The molecule has 0 radical (unpaired) electrons. The minimum absolute atomic E-state index is 0.0695. The fourth-order valence-electron chi connectivity index (χ4n) is 6.53. The molecule has 0 aliphatic heterocycles. The highest BCUT2D eigenvalue weighted by molar-refractivity contribution is 6.16. The average Bonchev–Trinajstić information content (AvgIpc) is 3.18. The van der Waals surface area contributed by atoms with Crippen molar-refractivity contribution < 1.29 is 0 Å². The zero-order valence-electron chi connectivity index (χ0n) is 21.0. The van der Waals surface area contributed by atoms with Crippen LogP contribution in [0.5, 0.6) is 0 Å². The smallest absolute Gasteiger partial charge is 0.0159 e. The molecule has 174 valence electrons. The lowest BCUT2D eigenvalue weighted by atomic mass is 9.80. The number of hydrogen-bond acceptors (Lipinski definition) is 0. The first kappa shape index (κ1) is 20.7. The lowest BCUT2D eigenvalue weighted by Gasteiger charge is -2.23. The summed E-state index contributed by atoms with van der Waals surface area (Å²) in [4.78, 5) is 0. The third kappa shape index (κ3) is 2.96. The first-order valence-corrected chi connectivity index (χ1v) is 13.1. The van der Waals surface area contributed by atoms with Gasteiger partial charge in [-0.25, -0.2) is 0 Å². The number of hydrogen-bond donors (Lipinski definition) is 0. The van der Waals surface area contributed by atoms with Gasteiger partial charge in [0.15, 0.2) is 0 Å². The molecular formula is C37H26. The summed E-state index contributed by atoms with van der Waals surface area (Å²) in [6.45, 7) is 4.79. The third-order valence-corrected chi connectivity index (χ3v) is 8.54. The summed E-state index contributed by atoms with van der Waals surface area (Å²) in [5.41, 5.74) is 7.95. The van der Waals surface area contributed by atoms with Crippen molar-refractivity contribution >= 4 is 43.1 Å². The highest BCUT2D eigenvalue weighted by Gasteiger charge is 2.35. The van der Waals surface area contributed by atoms with Gasteiger partial charge < -0.3 is 0 Å². The van der Waals surface area contributed by atoms with Crippen LogP contribution in [0.4, 0.5) is 0 Å². The van der Waals surface area contributed by atoms with Gasteiger partial charge in [0.25, 0.3) is 0 Å². The second-order valence-electron chi connectivity index (χ2n) is 11.1. The van der Waals surface area contributed by atoms with Crippen molar-refractivity contribution in [2.24, 2.45) is 0 Å². The van der Waals surface area contributed by atoms with Crippen molar-refractivity contribution in [3.05, 3.63) is 132 Å². The van der Waals surface area contributed by atoms with E-state index in [0.717, 1.165) is 0 Å². The zero-order chi connectivity index (χ0) is 24.7. The zero-order valence-corrected chi connectivity index (χ0v) is 21.0. The van der Waals surface area contributed by atoms with Crippen molar-refractivity contribution in [2.75, 3.05) is 0 Å². The van der Waals surface area contributed by atoms with Crippen LogP contribution in [0.15, 0.2) is 121 Å². The van der Waals surface area contributed by atoms with Crippen LogP contribution in [0.1, 0.15) is 25.0 Å². The third-order valence-electron chi connectivity index (χ3n) is 8.54. The molecule has 0 atom stereocenters. The van der Waals surface area contributed by atoms with Crippen LogP contribution in [-0.4, -0.2) is 0 Å². The van der Waals surface area contributed by atoms with E-state index in [1.807, 2.05) is 0 Å². The molecule has 0 N–H and O–H groups in total. The first-order valence-electron chi connectivity index (χ1n) is 13.1. The molecule has 7 aromatic rings. The molecule has 8 rings (SSSR count). The van der Waals surface area contributed by atoms with E-state index in [1.165, 1.54) is 76.5 Å². The van der Waals surface area contributed by atoms with Crippen LogP contribution in [0, 0.1) is 0 Å². The Kier molecular flexibility index (Phi) is 4.10. The van der Waals surface area contributed by atoms with E-state index in [1.54, 1.807) is 0 Å². The number of fused-ring (bicyclic) bond motifs is 2. The first-order chi connectivity index (χ1) is 18.1. The summed E-state index contributed by atoms with van der Waals surface area (Å²) in [5.74, 6) is 0. The summed E-state index contributed by atoms with van der Waals surface area (Å²) in [6.07, 6.45) is 0. The fourth-order valence-corrected chi connectivity index (χ4v) is 6.53. The molecule has 37 heavy (non-hydrogen) atoms. The summed E-state index contributed by atoms with van der Waals surface area (Å²) in [7, 11) is 0. The van der Waals surface area contributed by atoms with Gasteiger partial charge in [-0.2, -0.15) is 0 Å². The van der Waals surface area contributed by atoms with Crippen molar-refractivity contribution in [1.29, 1.82) is 0 Å². The maximum Gasteiger partial charge on any atom is 0.0159 e. The molecule has 0 heterocycles. The Hall–Kier alpha value is -4.42. The van der Waals surface area contributed by atoms with Crippen LogP contribution < -0.4 is 0 Å². The molecule has 7 aromatic carbocycles. The Morgan fingerprint density at radius 3 is 1.19 bits per heavy atom. The molecule has 0 bridgehead atoms. The minimum atomic E-state index is -0.0695. The van der Waals surface area contributed by atoms with Crippen molar-refractivity contribution in [3.63, 3.8) is 0 Å². The van der Waals surface area contributed by atoms with Gasteiger partial charge in [-0.3, -0.25) is 0 Å². The van der Waals surface area contributed by atoms with Gasteiger partial charge in [0.05, 0.1) is 0 Å². The van der Waals surface area contributed by atoms with Gasteiger partial charge in [-0.1, -0.05) is 98.8 Å². The molecule has 0 nitrogen and oxygen atoms in total. The van der Waals surface area contributed by atoms with Crippen molar-refractivity contribution in [2.45, 2.75) is 19.3 Å². The summed E-state index contributed by atoms with van der Waals surface area (Å²) in [6, 6.07) is 45.2. The van der Waals surface area contributed by atoms with E-state index < -0.39 is 0 Å². The Balaban J connectivity index is 1.34. The van der Waals surface area contributed by atoms with Crippen LogP contribution in [-0.2, 0) is 5.41 Å². The molecule has 0 saturated carbocycles. The Morgan fingerprint density at radius 1 is 0.351 bits per heavy atom. The molecule has 1 aliphatic rings. The summed E-state index contributed by atoms with van der Waals surface area (Å²) < 4.78 is 0. The molecule has 0 unspecified atom stereocenters. The molecule has 0 spiro atoms. The Morgan fingerprint density at radius 2 is 0.730 bits per heavy atom. The highest BCUT2D eigenvalue weighted by Crippen LogP contribution is 2.51. The summed E-state index contributed by atoms with van der Waals surface area (Å²) in [5, 5.41) is 10.7. The van der Waals surface area contributed by atoms with E-state index in [0.29, 0.717) is 0 Å². The number of benzene rings is 7. The fraction of sp³-hybridized carbons (Fsp3) is 0.0811. The van der Waals surface area contributed by atoms with Crippen LogP contribution >= 0.6 is 0 Å². The topological polar surface area (TPSA) is 0 Å². The Labute approximate surface area is 216 Å². The molecule has 1 aliphatic carbocycles. The molecule has 0 heteroatoms. The van der Waals surface area contributed by atoms with Gasteiger partial charge in [-0.05, 0) is 113 Å². The second-order valence-corrected chi connectivity index (χ2v) is 11.1. The maximum absolute atomic E-state index is 2.45. The highest BCUT2D eigenvalue weighted by atomic mass is 14.4. The van der Waals surface area contributed by atoms with Crippen molar-refractivity contribution in [3.8, 4) is 22.3 Å². The maximum atomic E-state index is 2.45. The number of rotatable bonds is 2. The molecule has 0 saturated heterocycles. The largest absolute Gasteiger partial charge is 0.0616 e. The van der Waals surface area contributed by atoms with Gasteiger partial charge in [0.1, 0.15) is 0 Å². The molecular weight excluding hydrogens is 444 g/mol. The van der Waals surface area contributed by atoms with Crippen molar-refractivity contribution in [1.82, 2.24) is 0 Å². The monoisotopic (exact) mass is 470 g/mol. The average molecular weight is 471 g/mol. The van der Waals surface area contributed by atoms with Gasteiger partial charge >= 0.3 is 0 Å². The molecule has 0 amide bonds. The Bertz CT molecular complexity index is 1910. The van der Waals surface area contributed by atoms with Gasteiger partial charge in [0.2, 0.25) is 0 Å². The van der Waals surface area contributed by atoms with Crippen LogP contribution in [0.2, 0.25) is 0 Å². The normalized spacial score (nSPS) is 13.9. The molecule has 0 aromatic heterocycles. The SMILES string of the molecule is CC1(C)c2cc(-c3ccc4ccccc4c3)cc3ccc4cc(-c5ccc6ccccc6c5)cc1c4c23. The second kappa shape index (κ2) is 7.31. The lowest BCUT2D eigenvalue weighted by Crippen LogP contribution is -2.15. The van der Waals surface area contributed by atoms with E-state index in [9.17, 15) is 0 Å². The predicted octanol–water partition coefficient (Wildman–Crippen LogP) is 10.3. The van der Waals surface area contributed by atoms with E-state index in [4.69, 9.17) is 0 Å². The van der Waals surface area contributed by atoms with Crippen LogP contribution in [0.25, 0.3) is 65.3 Å². The summed E-state index contributed by atoms with van der Waals surface area (Å²) >= 11 is 0. The quantitative estimate of drug-likeness (QED) is 0.220. The molecule has 0 fully saturated rings. The van der Waals surface area contributed by atoms with Gasteiger partial charge in [0, 0.05) is 5.41 Å². The van der Waals surface area contributed by atoms with E-state index in [2.05, 4.69) is 135 Å². The minimum Gasteiger partial charge on any atom is -0.0616 e. The van der Waals surface area contributed by atoms with E-state index >= 15 is 0 Å². The lowest BCUT2D eigenvalue weighted by molar-refractivity contribution is 0.663.